The lowest BCUT2D eigenvalue weighted by atomic mass is 10.0. The van der Waals surface area contributed by atoms with E-state index in [1.54, 1.807) is 0 Å². The van der Waals surface area contributed by atoms with Crippen molar-refractivity contribution in [3.8, 4) is 23.3 Å². The number of nitrogens with zero attached hydrogens (tertiary/aromatic N) is 9. The summed E-state index contributed by atoms with van der Waals surface area (Å²) in [4.78, 5) is 38.6. The molecule has 4 aromatic heterocycles. The molecule has 2 aromatic carbocycles. The Kier molecular flexibility index (Phi) is 17.1. The largest absolute Gasteiger partial charge is 0.480 e. The van der Waals surface area contributed by atoms with E-state index in [1.165, 1.54) is 31.4 Å². The maximum Gasteiger partial charge on any atom is 0.437 e. The van der Waals surface area contributed by atoms with Gasteiger partial charge in [0.15, 0.2) is 23.0 Å². The Bertz CT molecular complexity index is 3020. The second-order valence-electron chi connectivity index (χ2n) is 13.7. The molecule has 0 aliphatic carbocycles. The van der Waals surface area contributed by atoms with E-state index in [1.807, 2.05) is 4.98 Å². The van der Waals surface area contributed by atoms with Crippen LogP contribution in [0, 0.1) is 24.8 Å². The number of rotatable bonds is 11. The van der Waals surface area contributed by atoms with Gasteiger partial charge < -0.3 is 19.2 Å². The summed E-state index contributed by atoms with van der Waals surface area (Å²) in [6.45, 7) is 14.4. The predicted octanol–water partition coefficient (Wildman–Crippen LogP) is 10.1. The topological polar surface area (TPSA) is 169 Å². The quantitative estimate of drug-likeness (QED) is 0.0745. The van der Waals surface area contributed by atoms with Gasteiger partial charge in [0, 0.05) is 31.4 Å². The molecular weight excluding hydrogens is 976 g/mol. The minimum Gasteiger partial charge on any atom is -0.480 e. The van der Waals surface area contributed by atoms with Crippen LogP contribution in [0.5, 0.6) is 23.3 Å². The van der Waals surface area contributed by atoms with Crippen LogP contribution in [0.4, 0.5) is 64.1 Å². The van der Waals surface area contributed by atoms with Gasteiger partial charge >= 0.3 is 12.4 Å². The van der Waals surface area contributed by atoms with Crippen molar-refractivity contribution in [1.29, 1.82) is 0 Å². The monoisotopic (exact) mass is 1000 g/mol. The molecule has 0 unspecified atom stereocenters. The first-order valence-corrected chi connectivity index (χ1v) is 19.2. The number of benzene rings is 2. The molecule has 28 heteroatoms. The lowest BCUT2D eigenvalue weighted by Gasteiger charge is -2.16. The molecule has 0 aliphatic rings. The molecular formula is C41H29ClF12N10O5. The van der Waals surface area contributed by atoms with Crippen LogP contribution in [-0.2, 0) is 43.0 Å². The molecule has 69 heavy (non-hydrogen) atoms. The van der Waals surface area contributed by atoms with Crippen molar-refractivity contribution in [2.24, 2.45) is 0 Å². The van der Waals surface area contributed by atoms with E-state index in [-0.39, 0.29) is 34.5 Å². The summed E-state index contributed by atoms with van der Waals surface area (Å²) in [6.07, 6.45) is -9.42. The van der Waals surface area contributed by atoms with Crippen molar-refractivity contribution >= 4 is 23.0 Å². The van der Waals surface area contributed by atoms with E-state index in [2.05, 4.69) is 40.1 Å². The van der Waals surface area contributed by atoms with Crippen LogP contribution in [0.15, 0.2) is 70.8 Å². The highest BCUT2D eigenvalue weighted by molar-refractivity contribution is 6.17. The maximum absolute atomic E-state index is 14.4. The Balaban J connectivity index is 0.000000251. The van der Waals surface area contributed by atoms with Crippen LogP contribution in [0.25, 0.3) is 9.69 Å². The van der Waals surface area contributed by atoms with E-state index >= 15 is 0 Å². The van der Waals surface area contributed by atoms with E-state index in [9.17, 15) is 62.3 Å². The molecule has 0 aliphatic heterocycles. The predicted molar refractivity (Wildman–Crippen MR) is 217 cm³/mol. The molecule has 0 saturated carbocycles. The number of aromatic nitrogens is 8. The van der Waals surface area contributed by atoms with Gasteiger partial charge in [-0.2, -0.15) is 43.9 Å². The number of halogens is 13. The van der Waals surface area contributed by atoms with Gasteiger partial charge in [0.25, 0.3) is 23.0 Å². The molecule has 0 amide bonds. The van der Waals surface area contributed by atoms with Crippen molar-refractivity contribution in [2.75, 3.05) is 14.2 Å². The SMILES string of the molecule is COc1nnc(C(C)(F)F)cc1CCl.[C-]#[N+]c1cccc(Cc2c(C(F)(F)F)nc[nH]c2=O)c1F.[C-]#[N+]c1cccc(Oc2c(C(F)(F)F)ncn(Cc3cc(C(C)(F)F)nnc3OC)c2=O)c1F. The minimum absolute atomic E-state index is 0.0573. The number of ether oxygens (including phenoxy) is 3. The van der Waals surface area contributed by atoms with E-state index in [0.29, 0.717) is 29.7 Å². The number of nitrogens with one attached hydrogen (secondary N) is 1. The second kappa shape index (κ2) is 21.9. The Morgan fingerprint density at radius 1 is 0.710 bits per heavy atom. The molecule has 0 bridgehead atoms. The number of hydrogen-bond donors (Lipinski definition) is 1. The Hall–Kier alpha value is -7.81. The molecule has 6 aromatic rings. The first kappa shape index (κ1) is 53.8. The molecule has 364 valence electrons. The number of aromatic amines is 1. The zero-order valence-electron chi connectivity index (χ0n) is 35.4. The highest BCUT2D eigenvalue weighted by Crippen LogP contribution is 2.37. The van der Waals surface area contributed by atoms with Crippen LogP contribution in [0.2, 0.25) is 0 Å². The third kappa shape index (κ3) is 13.4. The first-order chi connectivity index (χ1) is 32.2. The zero-order chi connectivity index (χ0) is 51.6. The van der Waals surface area contributed by atoms with Crippen LogP contribution in [0.3, 0.4) is 0 Å². The highest BCUT2D eigenvalue weighted by Gasteiger charge is 2.40. The number of methoxy groups -OCH3 is 2. The molecule has 15 nitrogen and oxygen atoms in total. The van der Waals surface area contributed by atoms with Gasteiger partial charge in [-0.3, -0.25) is 14.2 Å². The molecule has 0 saturated heterocycles. The van der Waals surface area contributed by atoms with Crippen molar-refractivity contribution in [3.63, 3.8) is 0 Å². The molecule has 4 heterocycles. The summed E-state index contributed by atoms with van der Waals surface area (Å²) in [5.74, 6) is -10.9. The van der Waals surface area contributed by atoms with Gasteiger partial charge in [-0.25, -0.2) is 28.4 Å². The minimum atomic E-state index is -5.16. The fraction of sp³-hybridized carbons (Fsp3) is 0.268. The molecule has 6 rings (SSSR count). The summed E-state index contributed by atoms with van der Waals surface area (Å²) in [5.41, 5.74) is -8.13. The molecule has 0 atom stereocenters. The van der Waals surface area contributed by atoms with Gasteiger partial charge in [0.2, 0.25) is 28.9 Å². The van der Waals surface area contributed by atoms with Crippen LogP contribution in [-0.4, -0.2) is 54.1 Å². The lowest BCUT2D eigenvalue weighted by molar-refractivity contribution is -0.143. The van der Waals surface area contributed by atoms with Crippen molar-refractivity contribution in [2.45, 2.75) is 56.9 Å². The van der Waals surface area contributed by atoms with Gasteiger partial charge in [0.1, 0.15) is 17.2 Å². The number of alkyl halides is 11. The Labute approximate surface area is 385 Å². The first-order valence-electron chi connectivity index (χ1n) is 18.6. The average Bonchev–Trinajstić information content (AvgIpc) is 3.28. The standard InChI is InChI=1S/C20H13F6N5O3.C13H7F4N3O.C8H9ClF2N2O/c1-19(22,23)13-7-10(17(33-3)30-29-13)8-31-9-28-16(20(24,25)26)15(18(31)32)34-12-6-4-5-11(27-2)14(12)21;1-18-9-4-2-3-7(10(9)14)5-8-11(13(15,16)17)19-6-20-12(8)21;1-8(10,11)6-3-5(4-9)7(14-2)13-12-6/h4-7,9H,8H2,1,3H3;2-4,6H,5H2,(H,19,20,21);3H,4H2,1-2H3. The molecule has 0 spiro atoms. The average molecular weight is 1010 g/mol. The normalized spacial score (nSPS) is 11.5. The van der Waals surface area contributed by atoms with Crippen molar-refractivity contribution in [3.05, 3.63) is 161 Å². The fourth-order valence-electron chi connectivity index (χ4n) is 5.47. The van der Waals surface area contributed by atoms with Gasteiger partial charge in [-0.15, -0.1) is 32.0 Å². The Morgan fingerprint density at radius 3 is 1.74 bits per heavy atom. The molecule has 0 radical (unpaired) electrons. The van der Waals surface area contributed by atoms with Crippen molar-refractivity contribution in [1.82, 2.24) is 39.9 Å². The summed E-state index contributed by atoms with van der Waals surface area (Å²) >= 11 is 5.54. The van der Waals surface area contributed by atoms with Crippen LogP contribution in [0.1, 0.15) is 58.9 Å². The summed E-state index contributed by atoms with van der Waals surface area (Å²) < 4.78 is 175. The molecule has 0 fully saturated rings. The summed E-state index contributed by atoms with van der Waals surface area (Å²) in [5, 5.41) is 13.7. The number of H-pyrrole nitrogens is 1. The third-order valence-corrected chi connectivity index (χ3v) is 9.03. The van der Waals surface area contributed by atoms with Crippen LogP contribution >= 0.6 is 11.6 Å². The summed E-state index contributed by atoms with van der Waals surface area (Å²) in [6, 6.07) is 8.95. The van der Waals surface area contributed by atoms with Crippen molar-refractivity contribution < 1.29 is 66.9 Å². The molecule has 1 N–H and O–H groups in total. The fourth-order valence-corrected chi connectivity index (χ4v) is 5.66. The smallest absolute Gasteiger partial charge is 0.437 e. The third-order valence-electron chi connectivity index (χ3n) is 8.74. The number of hydrogen-bond acceptors (Lipinski definition) is 11. The van der Waals surface area contributed by atoms with Gasteiger partial charge in [0.05, 0.1) is 58.0 Å². The van der Waals surface area contributed by atoms with Crippen LogP contribution < -0.4 is 25.3 Å². The summed E-state index contributed by atoms with van der Waals surface area (Å²) in [7, 11) is 2.52. The van der Waals surface area contributed by atoms with E-state index in [0.717, 1.165) is 38.3 Å². The van der Waals surface area contributed by atoms with E-state index in [4.69, 9.17) is 39.0 Å². The highest BCUT2D eigenvalue weighted by atomic mass is 35.5. The maximum atomic E-state index is 14.4. The second-order valence-corrected chi connectivity index (χ2v) is 14.0. The van der Waals surface area contributed by atoms with Gasteiger partial charge in [-0.1, -0.05) is 30.3 Å². The Morgan fingerprint density at radius 2 is 1.23 bits per heavy atom. The lowest BCUT2D eigenvalue weighted by Crippen LogP contribution is -2.27. The van der Waals surface area contributed by atoms with E-state index < -0.39 is 105 Å². The van der Waals surface area contributed by atoms with Gasteiger partial charge in [-0.05, 0) is 23.8 Å². The zero-order valence-corrected chi connectivity index (χ0v) is 36.1.